The average Bonchev–Trinajstić information content (AvgIpc) is 3.05. The zero-order valence-electron chi connectivity index (χ0n) is 15.2. The van der Waals surface area contributed by atoms with Gasteiger partial charge in [0.15, 0.2) is 5.82 Å². The molecule has 2 fully saturated rings. The third kappa shape index (κ3) is 4.83. The number of carbonyl (C=O) groups excluding carboxylic acids is 4. The number of piperidine rings is 1. The standard InChI is InChI=1S/C17H23N5O5/c1-11-10-13(20-27-11)18-16(25)12-2-6-21(7-3-12)15(24)5-9-22-8-4-14(23)19-17(22)26/h10,12H,2-9H2,1H3,(H,18,20,25)(H,19,23,26). The fraction of sp³-hybridized carbons (Fsp3) is 0.588. The fourth-order valence-electron chi connectivity index (χ4n) is 3.25. The van der Waals surface area contributed by atoms with Gasteiger partial charge in [-0.2, -0.15) is 0 Å². The summed E-state index contributed by atoms with van der Waals surface area (Å²) in [5, 5.41) is 8.71. The maximum absolute atomic E-state index is 12.4. The van der Waals surface area contributed by atoms with Crippen molar-refractivity contribution in [2.75, 3.05) is 31.5 Å². The van der Waals surface area contributed by atoms with Gasteiger partial charge in [0.1, 0.15) is 5.76 Å². The van der Waals surface area contributed by atoms with Crippen LogP contribution in [-0.4, -0.2) is 64.9 Å². The van der Waals surface area contributed by atoms with E-state index in [1.54, 1.807) is 17.9 Å². The Morgan fingerprint density at radius 2 is 2.04 bits per heavy atom. The maximum Gasteiger partial charge on any atom is 0.324 e. The zero-order chi connectivity index (χ0) is 19.4. The van der Waals surface area contributed by atoms with Gasteiger partial charge >= 0.3 is 6.03 Å². The number of hydrogen-bond donors (Lipinski definition) is 2. The van der Waals surface area contributed by atoms with E-state index < -0.39 is 6.03 Å². The van der Waals surface area contributed by atoms with Gasteiger partial charge in [0.25, 0.3) is 0 Å². The van der Waals surface area contributed by atoms with Gasteiger partial charge in [0.2, 0.25) is 17.7 Å². The van der Waals surface area contributed by atoms with Gasteiger partial charge in [-0.05, 0) is 19.8 Å². The first-order chi connectivity index (χ1) is 12.9. The lowest BCUT2D eigenvalue weighted by molar-refractivity contribution is -0.134. The molecule has 2 aliphatic heterocycles. The van der Waals surface area contributed by atoms with Gasteiger partial charge in [0, 0.05) is 51.0 Å². The smallest absolute Gasteiger partial charge is 0.324 e. The van der Waals surface area contributed by atoms with E-state index in [-0.39, 0.29) is 43.0 Å². The summed E-state index contributed by atoms with van der Waals surface area (Å²) >= 11 is 0. The molecule has 0 saturated carbocycles. The number of aryl methyl sites for hydroxylation is 1. The average molecular weight is 377 g/mol. The molecule has 1 aromatic rings. The molecule has 0 spiro atoms. The number of urea groups is 1. The second-order valence-electron chi connectivity index (χ2n) is 6.81. The Hall–Kier alpha value is -2.91. The van der Waals surface area contributed by atoms with Gasteiger partial charge in [-0.15, -0.1) is 0 Å². The Balaban J connectivity index is 1.40. The van der Waals surface area contributed by atoms with E-state index in [4.69, 9.17) is 4.52 Å². The maximum atomic E-state index is 12.4. The summed E-state index contributed by atoms with van der Waals surface area (Å²) in [4.78, 5) is 50.6. The van der Waals surface area contributed by atoms with Crippen molar-refractivity contribution in [3.8, 4) is 0 Å². The van der Waals surface area contributed by atoms with Crippen molar-refractivity contribution < 1.29 is 23.7 Å². The molecule has 0 radical (unpaired) electrons. The zero-order valence-corrected chi connectivity index (χ0v) is 15.2. The van der Waals surface area contributed by atoms with Crippen molar-refractivity contribution in [1.82, 2.24) is 20.3 Å². The molecule has 2 aliphatic rings. The quantitative estimate of drug-likeness (QED) is 0.769. The van der Waals surface area contributed by atoms with E-state index in [2.05, 4.69) is 15.8 Å². The van der Waals surface area contributed by atoms with Crippen molar-refractivity contribution in [2.24, 2.45) is 5.92 Å². The van der Waals surface area contributed by atoms with Crippen LogP contribution in [0.4, 0.5) is 10.6 Å². The van der Waals surface area contributed by atoms with E-state index in [0.29, 0.717) is 44.1 Å². The van der Waals surface area contributed by atoms with Crippen LogP contribution in [0.5, 0.6) is 0 Å². The normalized spacial score (nSPS) is 18.4. The lowest BCUT2D eigenvalue weighted by atomic mass is 9.95. The molecule has 10 heteroatoms. The van der Waals surface area contributed by atoms with Gasteiger partial charge in [-0.1, -0.05) is 5.16 Å². The van der Waals surface area contributed by atoms with Crippen LogP contribution < -0.4 is 10.6 Å². The number of amides is 5. The molecule has 1 aromatic heterocycles. The summed E-state index contributed by atoms with van der Waals surface area (Å²) < 4.78 is 4.92. The number of nitrogens with one attached hydrogen (secondary N) is 2. The predicted molar refractivity (Wildman–Crippen MR) is 93.5 cm³/mol. The molecule has 0 unspecified atom stereocenters. The molecule has 3 heterocycles. The minimum absolute atomic E-state index is 0.0503. The first-order valence-corrected chi connectivity index (χ1v) is 9.03. The van der Waals surface area contributed by atoms with E-state index in [1.165, 1.54) is 4.90 Å². The third-order valence-corrected chi connectivity index (χ3v) is 4.84. The predicted octanol–water partition coefficient (Wildman–Crippen LogP) is 0.492. The first-order valence-electron chi connectivity index (χ1n) is 9.03. The number of hydrogen-bond acceptors (Lipinski definition) is 6. The number of imide groups is 1. The molecule has 5 amide bonds. The van der Waals surface area contributed by atoms with Crippen LogP contribution in [0, 0.1) is 12.8 Å². The third-order valence-electron chi connectivity index (χ3n) is 4.84. The summed E-state index contributed by atoms with van der Waals surface area (Å²) in [6.45, 7) is 3.36. The van der Waals surface area contributed by atoms with Crippen LogP contribution in [-0.2, 0) is 14.4 Å². The number of anilines is 1. The van der Waals surface area contributed by atoms with Crippen molar-refractivity contribution in [3.05, 3.63) is 11.8 Å². The minimum atomic E-state index is -0.447. The lowest BCUT2D eigenvalue weighted by Crippen LogP contribution is -2.50. The molecule has 3 rings (SSSR count). The number of nitrogens with zero attached hydrogens (tertiary/aromatic N) is 3. The molecule has 0 aliphatic carbocycles. The van der Waals surface area contributed by atoms with Gasteiger partial charge in [-0.3, -0.25) is 19.7 Å². The summed E-state index contributed by atoms with van der Waals surface area (Å²) in [7, 11) is 0. The van der Waals surface area contributed by atoms with E-state index in [0.717, 1.165) is 0 Å². The highest BCUT2D eigenvalue weighted by atomic mass is 16.5. The van der Waals surface area contributed by atoms with Crippen LogP contribution in [0.1, 0.15) is 31.4 Å². The van der Waals surface area contributed by atoms with Crippen LogP contribution in [0.15, 0.2) is 10.6 Å². The SMILES string of the molecule is Cc1cc(NC(=O)C2CCN(C(=O)CCN3CCC(=O)NC3=O)CC2)no1. The number of carbonyl (C=O) groups is 4. The summed E-state index contributed by atoms with van der Waals surface area (Å²) in [6, 6.07) is 1.21. The molecule has 0 bridgehead atoms. The minimum Gasteiger partial charge on any atom is -0.360 e. The highest BCUT2D eigenvalue weighted by Crippen LogP contribution is 2.20. The van der Waals surface area contributed by atoms with E-state index >= 15 is 0 Å². The highest BCUT2D eigenvalue weighted by molar-refractivity contribution is 5.96. The molecular formula is C17H23N5O5. The molecule has 2 saturated heterocycles. The Labute approximate surface area is 156 Å². The Morgan fingerprint density at radius 1 is 1.30 bits per heavy atom. The van der Waals surface area contributed by atoms with Crippen molar-refractivity contribution in [2.45, 2.75) is 32.6 Å². The lowest BCUT2D eigenvalue weighted by Gasteiger charge is -2.32. The molecule has 27 heavy (non-hydrogen) atoms. The number of likely N-dealkylation sites (tertiary alicyclic amines) is 1. The van der Waals surface area contributed by atoms with Crippen molar-refractivity contribution in [1.29, 1.82) is 0 Å². The van der Waals surface area contributed by atoms with Crippen LogP contribution in [0.25, 0.3) is 0 Å². The monoisotopic (exact) mass is 377 g/mol. The van der Waals surface area contributed by atoms with Gasteiger partial charge < -0.3 is 19.6 Å². The Kier molecular flexibility index (Phi) is 5.72. The summed E-state index contributed by atoms with van der Waals surface area (Å²) in [5.74, 6) is 0.385. The topological polar surface area (TPSA) is 125 Å². The fourth-order valence-corrected chi connectivity index (χ4v) is 3.25. The molecule has 0 aromatic carbocycles. The number of rotatable bonds is 5. The van der Waals surface area contributed by atoms with Crippen LogP contribution in [0.3, 0.4) is 0 Å². The van der Waals surface area contributed by atoms with Gasteiger partial charge in [-0.25, -0.2) is 4.79 Å². The van der Waals surface area contributed by atoms with Crippen molar-refractivity contribution in [3.63, 3.8) is 0 Å². The molecular weight excluding hydrogens is 354 g/mol. The number of aromatic nitrogens is 1. The molecule has 0 atom stereocenters. The van der Waals surface area contributed by atoms with Crippen LogP contribution in [0.2, 0.25) is 0 Å². The van der Waals surface area contributed by atoms with Crippen LogP contribution >= 0.6 is 0 Å². The van der Waals surface area contributed by atoms with E-state index in [9.17, 15) is 19.2 Å². The molecule has 2 N–H and O–H groups in total. The second-order valence-corrected chi connectivity index (χ2v) is 6.81. The molecule has 10 nitrogen and oxygen atoms in total. The second kappa shape index (κ2) is 8.19. The summed E-state index contributed by atoms with van der Waals surface area (Å²) in [6.07, 6.45) is 1.61. The Morgan fingerprint density at radius 3 is 2.67 bits per heavy atom. The van der Waals surface area contributed by atoms with Gasteiger partial charge in [0.05, 0.1) is 0 Å². The summed E-state index contributed by atoms with van der Waals surface area (Å²) in [5.41, 5.74) is 0. The first kappa shape index (κ1) is 18.9. The molecule has 146 valence electrons. The van der Waals surface area contributed by atoms with E-state index in [1.807, 2.05) is 0 Å². The van der Waals surface area contributed by atoms with Crippen molar-refractivity contribution >= 4 is 29.6 Å². The highest BCUT2D eigenvalue weighted by Gasteiger charge is 2.29. The Bertz CT molecular complexity index is 738. The largest absolute Gasteiger partial charge is 0.360 e.